The first-order chi connectivity index (χ1) is 14.4. The maximum absolute atomic E-state index is 9.09. The van der Waals surface area contributed by atoms with Crippen molar-refractivity contribution in [1.82, 2.24) is 0 Å². The standard InChI is InChI=1S/C13H19NO.C13H18O2/c2*1-13(10-14)7-12(8-13)15-9-11-5-3-2-4-6-11/h2-6,12H,7-10,14H2,1H3;2-6,12,14H,7-10H2,1H3. The second-order valence-electron chi connectivity index (χ2n) is 9.64. The van der Waals surface area contributed by atoms with E-state index in [1.807, 2.05) is 36.4 Å². The number of aliphatic hydroxyl groups excluding tert-OH is 1. The molecule has 2 aromatic carbocycles. The number of aliphatic hydroxyl groups is 1. The van der Waals surface area contributed by atoms with Crippen LogP contribution in [0.5, 0.6) is 0 Å². The highest BCUT2D eigenvalue weighted by molar-refractivity contribution is 5.14. The fraction of sp³-hybridized carbons (Fsp3) is 0.538. The van der Waals surface area contributed by atoms with Crippen molar-refractivity contribution in [3.05, 3.63) is 71.8 Å². The van der Waals surface area contributed by atoms with Gasteiger partial charge in [0, 0.05) is 6.61 Å². The lowest BCUT2D eigenvalue weighted by Gasteiger charge is -2.44. The van der Waals surface area contributed by atoms with Crippen molar-refractivity contribution in [2.45, 2.75) is 65.0 Å². The molecule has 2 aliphatic rings. The lowest BCUT2D eigenvalue weighted by molar-refractivity contribution is -0.0992. The number of benzene rings is 2. The summed E-state index contributed by atoms with van der Waals surface area (Å²) < 4.78 is 11.6. The smallest absolute Gasteiger partial charge is 0.0720 e. The number of hydrogen-bond donors (Lipinski definition) is 2. The van der Waals surface area contributed by atoms with Crippen molar-refractivity contribution in [1.29, 1.82) is 0 Å². The summed E-state index contributed by atoms with van der Waals surface area (Å²) in [6, 6.07) is 20.5. The second kappa shape index (κ2) is 10.5. The van der Waals surface area contributed by atoms with Gasteiger partial charge in [0.25, 0.3) is 0 Å². The van der Waals surface area contributed by atoms with Gasteiger partial charge in [-0.15, -0.1) is 0 Å². The third-order valence-electron chi connectivity index (χ3n) is 6.41. The molecule has 0 unspecified atom stereocenters. The van der Waals surface area contributed by atoms with E-state index in [0.29, 0.717) is 24.2 Å². The largest absolute Gasteiger partial charge is 0.396 e. The number of rotatable bonds is 8. The van der Waals surface area contributed by atoms with Crippen LogP contribution in [0.15, 0.2) is 60.7 Å². The van der Waals surface area contributed by atoms with Crippen LogP contribution in [0, 0.1) is 10.8 Å². The zero-order valence-corrected chi connectivity index (χ0v) is 18.4. The third-order valence-corrected chi connectivity index (χ3v) is 6.41. The highest BCUT2D eigenvalue weighted by atomic mass is 16.5. The van der Waals surface area contributed by atoms with Crippen LogP contribution in [-0.2, 0) is 22.7 Å². The molecular weight excluding hydrogens is 374 g/mol. The Labute approximate surface area is 181 Å². The Kier molecular flexibility index (Phi) is 8.06. The molecule has 0 heterocycles. The molecule has 0 atom stereocenters. The van der Waals surface area contributed by atoms with Gasteiger partial charge >= 0.3 is 0 Å². The van der Waals surface area contributed by atoms with E-state index in [1.165, 1.54) is 11.1 Å². The summed E-state index contributed by atoms with van der Waals surface area (Å²) in [6.45, 7) is 6.81. The van der Waals surface area contributed by atoms with Gasteiger partial charge in [-0.1, -0.05) is 74.5 Å². The molecule has 4 rings (SSSR count). The molecule has 2 saturated carbocycles. The van der Waals surface area contributed by atoms with E-state index in [4.69, 9.17) is 20.3 Å². The van der Waals surface area contributed by atoms with Crippen molar-refractivity contribution < 1.29 is 14.6 Å². The van der Waals surface area contributed by atoms with E-state index in [-0.39, 0.29) is 12.0 Å². The van der Waals surface area contributed by atoms with Crippen molar-refractivity contribution in [3.63, 3.8) is 0 Å². The summed E-state index contributed by atoms with van der Waals surface area (Å²) in [5.74, 6) is 0. The minimum absolute atomic E-state index is 0.112. The van der Waals surface area contributed by atoms with Gasteiger partial charge < -0.3 is 20.3 Å². The quantitative estimate of drug-likeness (QED) is 0.661. The Hall–Kier alpha value is -1.72. The Morgan fingerprint density at radius 1 is 0.767 bits per heavy atom. The van der Waals surface area contributed by atoms with Crippen LogP contribution in [0.4, 0.5) is 0 Å². The average molecular weight is 412 g/mol. The zero-order valence-electron chi connectivity index (χ0n) is 18.4. The predicted molar refractivity (Wildman–Crippen MR) is 121 cm³/mol. The monoisotopic (exact) mass is 411 g/mol. The van der Waals surface area contributed by atoms with Gasteiger partial charge in [-0.3, -0.25) is 0 Å². The molecule has 4 nitrogen and oxygen atoms in total. The normalized spacial score (nSPS) is 29.9. The van der Waals surface area contributed by atoms with E-state index >= 15 is 0 Å². The molecular formula is C26H37NO3. The first-order valence-electron chi connectivity index (χ1n) is 11.1. The molecule has 30 heavy (non-hydrogen) atoms. The molecule has 0 saturated heterocycles. The van der Waals surface area contributed by atoms with Gasteiger partial charge in [0.2, 0.25) is 0 Å². The molecule has 2 fully saturated rings. The topological polar surface area (TPSA) is 64.7 Å². The van der Waals surface area contributed by atoms with Gasteiger partial charge in [0.15, 0.2) is 0 Å². The number of nitrogens with two attached hydrogens (primary N) is 1. The average Bonchev–Trinajstić information content (AvgIpc) is 2.74. The van der Waals surface area contributed by atoms with E-state index in [9.17, 15) is 0 Å². The Morgan fingerprint density at radius 2 is 1.17 bits per heavy atom. The van der Waals surface area contributed by atoms with E-state index < -0.39 is 0 Å². The summed E-state index contributed by atoms with van der Waals surface area (Å²) in [7, 11) is 0. The van der Waals surface area contributed by atoms with Crippen LogP contribution in [-0.4, -0.2) is 30.5 Å². The van der Waals surface area contributed by atoms with E-state index in [1.54, 1.807) is 0 Å². The molecule has 0 aliphatic heterocycles. The van der Waals surface area contributed by atoms with Gasteiger partial charge in [-0.25, -0.2) is 0 Å². The summed E-state index contributed by atoms with van der Waals surface area (Å²) >= 11 is 0. The highest BCUT2D eigenvalue weighted by Crippen LogP contribution is 2.42. The van der Waals surface area contributed by atoms with Crippen LogP contribution in [0.25, 0.3) is 0 Å². The fourth-order valence-corrected chi connectivity index (χ4v) is 4.19. The van der Waals surface area contributed by atoms with E-state index in [2.05, 4.69) is 38.1 Å². The van der Waals surface area contributed by atoms with Crippen LogP contribution in [0.3, 0.4) is 0 Å². The molecule has 2 aromatic rings. The minimum Gasteiger partial charge on any atom is -0.396 e. The van der Waals surface area contributed by atoms with Crippen molar-refractivity contribution in [2.75, 3.05) is 13.2 Å². The van der Waals surface area contributed by atoms with Gasteiger partial charge in [0.05, 0.1) is 25.4 Å². The lowest BCUT2D eigenvalue weighted by atomic mass is 9.68. The zero-order chi connectivity index (χ0) is 21.5. The SMILES string of the molecule is CC1(CN)CC(OCc2ccccc2)C1.CC1(CO)CC(OCc2ccccc2)C1. The maximum Gasteiger partial charge on any atom is 0.0720 e. The van der Waals surface area contributed by atoms with Gasteiger partial charge in [-0.2, -0.15) is 0 Å². The number of hydrogen-bond acceptors (Lipinski definition) is 4. The molecule has 2 aliphatic carbocycles. The Bertz CT molecular complexity index is 672. The molecule has 3 N–H and O–H groups in total. The maximum atomic E-state index is 9.09. The minimum atomic E-state index is 0.112. The first-order valence-corrected chi connectivity index (χ1v) is 11.1. The highest BCUT2D eigenvalue weighted by Gasteiger charge is 2.40. The molecule has 0 aromatic heterocycles. The van der Waals surface area contributed by atoms with Gasteiger partial charge in [-0.05, 0) is 54.2 Å². The molecule has 164 valence electrons. The summed E-state index contributed by atoms with van der Waals surface area (Å²) in [5, 5.41) is 9.09. The number of ether oxygens (including phenoxy) is 2. The molecule has 4 heteroatoms. The van der Waals surface area contributed by atoms with Crippen molar-refractivity contribution >= 4 is 0 Å². The van der Waals surface area contributed by atoms with Crippen molar-refractivity contribution in [3.8, 4) is 0 Å². The summed E-state index contributed by atoms with van der Waals surface area (Å²) in [6.07, 6.45) is 4.93. The molecule has 0 radical (unpaired) electrons. The lowest BCUT2D eigenvalue weighted by Crippen LogP contribution is -2.45. The molecule has 0 bridgehead atoms. The van der Waals surface area contributed by atoms with Crippen LogP contribution < -0.4 is 5.73 Å². The third kappa shape index (κ3) is 6.64. The van der Waals surface area contributed by atoms with Crippen LogP contribution in [0.2, 0.25) is 0 Å². The predicted octanol–water partition coefficient (Wildman–Crippen LogP) is 4.69. The first kappa shape index (κ1) is 23.0. The van der Waals surface area contributed by atoms with E-state index in [0.717, 1.165) is 38.8 Å². The van der Waals surface area contributed by atoms with Crippen molar-refractivity contribution in [2.24, 2.45) is 16.6 Å². The Balaban J connectivity index is 0.000000171. The van der Waals surface area contributed by atoms with Gasteiger partial charge in [0.1, 0.15) is 0 Å². The molecule has 0 amide bonds. The summed E-state index contributed by atoms with van der Waals surface area (Å²) in [5.41, 5.74) is 8.60. The molecule has 0 spiro atoms. The van der Waals surface area contributed by atoms with Crippen LogP contribution >= 0.6 is 0 Å². The fourth-order valence-electron chi connectivity index (χ4n) is 4.19. The second-order valence-corrected chi connectivity index (χ2v) is 9.64. The van der Waals surface area contributed by atoms with Crippen LogP contribution in [0.1, 0.15) is 50.7 Å². The summed E-state index contributed by atoms with van der Waals surface area (Å²) in [4.78, 5) is 0. The Morgan fingerprint density at radius 3 is 1.53 bits per heavy atom.